The van der Waals surface area contributed by atoms with Crippen molar-refractivity contribution < 1.29 is 135 Å². The molecule has 6 amide bonds. The number of aliphatic hydroxyl groups is 1. The Morgan fingerprint density at radius 2 is 0.744 bits per heavy atom. The van der Waals surface area contributed by atoms with E-state index in [4.69, 9.17) is 64.4 Å². The van der Waals surface area contributed by atoms with Crippen LogP contribution in [-0.2, 0) is 129 Å². The van der Waals surface area contributed by atoms with E-state index in [1.54, 1.807) is 0 Å². The number of amides is 6. The van der Waals surface area contributed by atoms with E-state index in [9.17, 15) is 67.1 Å². The van der Waals surface area contributed by atoms with Crippen molar-refractivity contribution in [2.75, 3.05) is 92.7 Å². The first-order valence-corrected chi connectivity index (χ1v) is 49.5. The molecular weight excluding hydrogens is 1720 g/mol. The van der Waals surface area contributed by atoms with E-state index < -0.39 is 90.7 Å². The van der Waals surface area contributed by atoms with Gasteiger partial charge in [-0.15, -0.1) is 0 Å². The van der Waals surface area contributed by atoms with Crippen LogP contribution in [0.15, 0.2) is 0 Å². The highest BCUT2D eigenvalue weighted by Gasteiger charge is 2.45. The minimum Gasteiger partial charge on any atom is -0.463 e. The number of ketones is 3. The first-order chi connectivity index (χ1) is 64.2. The number of hydrogen-bond acceptors (Lipinski definition) is 28. The highest BCUT2D eigenvalue weighted by atomic mass is 16.7. The van der Waals surface area contributed by atoms with Gasteiger partial charge in [0.15, 0.2) is 30.9 Å². The fourth-order valence-electron chi connectivity index (χ4n) is 17.7. The van der Waals surface area contributed by atoms with Gasteiger partial charge in [-0.1, -0.05) is 95.9 Å². The molecule has 0 radical (unpaired) electrons. The smallest absolute Gasteiger partial charge is 0.306 e. The van der Waals surface area contributed by atoms with Crippen LogP contribution in [0.1, 0.15) is 306 Å². The van der Waals surface area contributed by atoms with Gasteiger partial charge in [0.25, 0.3) is 0 Å². The first-order valence-electron chi connectivity index (χ1n) is 50.6. The summed E-state index contributed by atoms with van der Waals surface area (Å²) in [4.78, 5) is 184. The molecule has 5 aliphatic heterocycles. The predicted octanol–water partition coefficient (Wildman–Crippen LogP) is 11.4. The van der Waals surface area contributed by atoms with Crippen LogP contribution in [0.25, 0.3) is 0 Å². The normalized spacial score (nSPS) is 27.7. The molecule has 5 heterocycles. The number of carbonyl (C=O) groups excluding carboxylic acids is 14. The number of rotatable bonds is 63. The molecule has 133 heavy (non-hydrogen) atoms. The average molecular weight is 1900 g/mol. The van der Waals surface area contributed by atoms with Crippen molar-refractivity contribution >= 4 is 82.6 Å². The SMILES string of the molecule is [2H]C[C@@H]1C[C@@H](OC(=O)CCC(C)=O)CN1C(=O)CCCNC(=O)C(CCCCNC(=O)C(CCCCNC(=O)CCCCO[C@@H]1OC(COC(C)=O)[C@H](C)[C@H](C)C1C)CC(=O)CCCCO[C@@H]1OC(COC(C)=O)[C@H](C)[C@H](C)C1C)CC(=O)C(CCCCNC(=O)CCCCO[C@@H]1OC(COC(C)=O)[C@H](C)[C@H](C)C1C)NC(=O)CCCCO[C@@H]1OC(COC(C)=O)[C@H](C)[C@H](C)C1C.[3H]OC. The summed E-state index contributed by atoms with van der Waals surface area (Å²) in [5.74, 6) is -4.50. The number of aliphatic hydroxyl groups excluding tert-OH is 1. The fourth-order valence-corrected chi connectivity index (χ4v) is 17.7. The number of carbonyl (C=O) groups is 14. The Kier molecular flexibility index (Phi) is 55.8. The second-order valence-corrected chi connectivity index (χ2v) is 38.1. The van der Waals surface area contributed by atoms with Gasteiger partial charge >= 0.3 is 29.8 Å². The van der Waals surface area contributed by atoms with Crippen molar-refractivity contribution in [1.82, 2.24) is 31.5 Å². The van der Waals surface area contributed by atoms with Crippen LogP contribution in [-0.4, -0.2) is 255 Å². The van der Waals surface area contributed by atoms with Crippen molar-refractivity contribution in [1.29, 1.82) is 1.43 Å². The van der Waals surface area contributed by atoms with Gasteiger partial charge in [-0.2, -0.15) is 0 Å². The van der Waals surface area contributed by atoms with Crippen molar-refractivity contribution in [2.45, 2.75) is 372 Å². The van der Waals surface area contributed by atoms with Crippen LogP contribution in [0, 0.1) is 82.9 Å². The van der Waals surface area contributed by atoms with Crippen molar-refractivity contribution in [2.24, 2.45) is 82.9 Å². The van der Waals surface area contributed by atoms with Gasteiger partial charge in [0.1, 0.15) is 44.1 Å². The third-order valence-electron chi connectivity index (χ3n) is 27.9. The molecule has 0 aromatic carbocycles. The van der Waals surface area contributed by atoms with Gasteiger partial charge in [-0.3, -0.25) is 62.3 Å². The average Bonchev–Trinajstić information content (AvgIpc) is 1.50. The summed E-state index contributed by atoms with van der Waals surface area (Å²) in [7, 11) is 1.29. The Bertz CT molecular complexity index is 3570. The Balaban J connectivity index is 0.0000125. The molecule has 34 heteroatoms. The number of Topliss-reactive ketones (excluding diaryl/α,β-unsaturated/α-hetero) is 3. The van der Waals surface area contributed by atoms with E-state index in [2.05, 4.69) is 108 Å². The zero-order chi connectivity index (χ0) is 100. The second kappa shape index (κ2) is 64.8. The minimum atomic E-state index is -1.04. The van der Waals surface area contributed by atoms with Crippen LogP contribution in [0.2, 0.25) is 0 Å². The van der Waals surface area contributed by atoms with Gasteiger partial charge in [0.05, 0.1) is 43.4 Å². The number of nitrogens with zero attached hydrogens (tertiary/aromatic N) is 1. The van der Waals surface area contributed by atoms with Gasteiger partial charge in [0.2, 0.25) is 36.9 Å². The van der Waals surface area contributed by atoms with Crippen LogP contribution < -0.4 is 26.6 Å². The van der Waals surface area contributed by atoms with E-state index in [0.717, 1.165) is 0 Å². The molecule has 5 saturated heterocycles. The number of unbranched alkanes of at least 4 members (excludes halogenated alkanes) is 7. The molecule has 25 atom stereocenters. The van der Waals surface area contributed by atoms with E-state index >= 15 is 0 Å². The molecule has 0 bridgehead atoms. The molecule has 0 aromatic rings. The predicted molar refractivity (Wildman–Crippen MR) is 495 cm³/mol. The monoisotopic (exact) mass is 1890 g/mol. The summed E-state index contributed by atoms with van der Waals surface area (Å²) >= 11 is 0. The summed E-state index contributed by atoms with van der Waals surface area (Å²) in [6.07, 6.45) is 4.34. The van der Waals surface area contributed by atoms with Gasteiger partial charge in [-0.05, 0) is 164 Å². The molecule has 5 fully saturated rings. The quantitative estimate of drug-likeness (QED) is 0.0187. The van der Waals surface area contributed by atoms with Gasteiger partial charge in [0, 0.05) is 188 Å². The molecule has 0 saturated carbocycles. The molecule has 764 valence electrons. The number of ether oxygens (including phenoxy) is 13. The summed E-state index contributed by atoms with van der Waals surface area (Å²) in [6.45, 7) is 34.5. The molecule has 0 aromatic heterocycles. The maximum Gasteiger partial charge on any atom is 0.306 e. The molecule has 0 spiro atoms. The van der Waals surface area contributed by atoms with Crippen molar-refractivity contribution in [3.8, 4) is 0 Å². The lowest BCUT2D eigenvalue weighted by atomic mass is 9.79. The zero-order valence-corrected chi connectivity index (χ0v) is 83.5. The molecule has 5 aliphatic rings. The lowest BCUT2D eigenvalue weighted by Gasteiger charge is -2.43. The first kappa shape index (κ1) is 115. The van der Waals surface area contributed by atoms with Crippen LogP contribution >= 0.6 is 0 Å². The Morgan fingerprint density at radius 3 is 1.11 bits per heavy atom. The van der Waals surface area contributed by atoms with Gasteiger partial charge in [-0.25, -0.2) is 0 Å². The molecule has 34 nitrogen and oxygen atoms in total. The highest BCUT2D eigenvalue weighted by Crippen LogP contribution is 2.40. The summed E-state index contributed by atoms with van der Waals surface area (Å²) in [5.41, 5.74) is 0. The Morgan fingerprint density at radius 1 is 0.398 bits per heavy atom. The lowest BCUT2D eigenvalue weighted by Crippen LogP contribution is -2.47. The molecule has 11 unspecified atom stereocenters. The summed E-state index contributed by atoms with van der Waals surface area (Å²) < 4.78 is 90.5. The molecule has 5 rings (SSSR count). The number of hydrogen-bond donors (Lipinski definition) is 6. The largest absolute Gasteiger partial charge is 0.463 e. The van der Waals surface area contributed by atoms with E-state index in [0.29, 0.717) is 123 Å². The zero-order valence-electron chi connectivity index (χ0n) is 85.5. The van der Waals surface area contributed by atoms with E-state index in [-0.39, 0.29) is 292 Å². The third-order valence-corrected chi connectivity index (χ3v) is 27.9. The van der Waals surface area contributed by atoms with Crippen LogP contribution in [0.3, 0.4) is 0 Å². The molecule has 0 aliphatic carbocycles. The molecule has 6 N–H and O–H groups in total. The maximum atomic E-state index is 15.0. The van der Waals surface area contributed by atoms with Crippen LogP contribution in [0.4, 0.5) is 0 Å². The second-order valence-electron chi connectivity index (χ2n) is 38.1. The maximum absolute atomic E-state index is 15.0. The Labute approximate surface area is 794 Å². The van der Waals surface area contributed by atoms with E-state index in [1.165, 1.54) is 46.6 Å². The fraction of sp³-hybridized carbons (Fsp3) is 0.859. The van der Waals surface area contributed by atoms with Crippen molar-refractivity contribution in [3.63, 3.8) is 0 Å². The summed E-state index contributed by atoms with van der Waals surface area (Å²) in [6, 6.07) is -1.55. The lowest BCUT2D eigenvalue weighted by molar-refractivity contribution is -0.255. The number of nitrogens with one attached hydrogen (secondary N) is 5. The van der Waals surface area contributed by atoms with E-state index in [1.807, 2.05) is 6.92 Å². The minimum absolute atomic E-state index is 0.0189. The number of esters is 5. The standard InChI is InChI=1S/C98H166N6O27.CH4O/c1-60-52-81(127-92(116)43-42-61(2)105)55-104(60)91(115)41-33-47-102-94(118)79(54-83(111)82(103-90(114)40-25-32-51-122-98-73(14)65(6)69(10)87(131-98)59-126-77(18)109)37-21-28-45-100-89(113)39-24-31-50-121-97-72(13)64(5)68(9)86(130-97)58-125-76(17)108)35-20-27-46-101-93(117)78(53-80(110)36-22-29-48-119-95-70(11)62(3)66(7)84(128-95)56-123-74(15)106)34-19-26-44-99-88(112)38-23-30-49-120-96-71(12)63(4)67(8)85(129-96)57-124-75(16)107;1-2/h60,62-73,78-79,81-82,84-87,95-98H,19-59H2,1-18H3,(H,99,112)(H,100,113)(H,101,117)(H,102,118)(H,103,114);2H,1H3/t60-,62+,63+,64+,65+,66-,67-,68-,69-,70?,71?,72?,73?,78?,79?,81-,82?,84?,85?,86?,87?,95-,96-,97-,98-;/m1./s1/i1D;2T. The highest BCUT2D eigenvalue weighted by molar-refractivity contribution is 5.92. The molecular formula is C99H170N6O28. The third kappa shape index (κ3) is 44.9. The number of likely N-dealkylation sites (tertiary alicyclic amines) is 1. The van der Waals surface area contributed by atoms with Crippen LogP contribution in [0.5, 0.6) is 0 Å². The summed E-state index contributed by atoms with van der Waals surface area (Å²) in [5, 5.41) is 18.5. The van der Waals surface area contributed by atoms with Gasteiger partial charge < -0.3 is 103 Å². The Hall–Kier alpha value is -7.18. The van der Waals surface area contributed by atoms with Crippen molar-refractivity contribution in [3.05, 3.63) is 0 Å². The topological polar surface area (TPSA) is 443 Å².